The van der Waals surface area contributed by atoms with Crippen molar-refractivity contribution in [2.75, 3.05) is 0 Å². The second kappa shape index (κ2) is 4.56. The summed E-state index contributed by atoms with van der Waals surface area (Å²) in [6, 6.07) is 8.55. The molecule has 2 aromatic carbocycles. The van der Waals surface area contributed by atoms with Crippen LogP contribution in [-0.4, -0.2) is 11.1 Å². The monoisotopic (exact) mass is 248 g/mol. The molecule has 0 bridgehead atoms. The Morgan fingerprint density at radius 2 is 1.72 bits per heavy atom. The average molecular weight is 248 g/mol. The van der Waals surface area contributed by atoms with E-state index in [2.05, 4.69) is 0 Å². The molecule has 0 unspecified atom stereocenters. The van der Waals surface area contributed by atoms with E-state index in [1.807, 2.05) is 6.92 Å². The summed E-state index contributed by atoms with van der Waals surface area (Å²) >= 11 is 0. The van der Waals surface area contributed by atoms with E-state index in [0.29, 0.717) is 11.6 Å². The summed E-state index contributed by atoms with van der Waals surface area (Å²) in [7, 11) is 0. The smallest absolute Gasteiger partial charge is 0.335 e. The van der Waals surface area contributed by atoms with Gasteiger partial charge in [-0.15, -0.1) is 0 Å². The normalized spacial score (nSPS) is 10.4. The van der Waals surface area contributed by atoms with Gasteiger partial charge < -0.3 is 5.11 Å². The van der Waals surface area contributed by atoms with Gasteiger partial charge in [-0.05, 0) is 24.6 Å². The maximum Gasteiger partial charge on any atom is 0.335 e. The summed E-state index contributed by atoms with van der Waals surface area (Å²) in [6.07, 6.45) is 0. The van der Waals surface area contributed by atoms with Gasteiger partial charge in [-0.3, -0.25) is 0 Å². The van der Waals surface area contributed by atoms with Gasteiger partial charge in [0.1, 0.15) is 0 Å². The molecule has 0 aliphatic rings. The lowest BCUT2D eigenvalue weighted by molar-refractivity contribution is 0.0696. The number of carboxylic acid groups (broad SMARTS) is 1. The van der Waals surface area contributed by atoms with Crippen LogP contribution in [-0.2, 0) is 0 Å². The summed E-state index contributed by atoms with van der Waals surface area (Å²) in [5.41, 5.74) is 1.10. The van der Waals surface area contributed by atoms with Crippen LogP contribution in [0.1, 0.15) is 15.9 Å². The number of carboxylic acids is 1. The zero-order valence-corrected chi connectivity index (χ0v) is 9.58. The van der Waals surface area contributed by atoms with Crippen LogP contribution in [0.4, 0.5) is 8.78 Å². The van der Waals surface area contributed by atoms with Gasteiger partial charge in [0.05, 0.1) is 5.56 Å². The Morgan fingerprint density at radius 3 is 2.28 bits per heavy atom. The zero-order chi connectivity index (χ0) is 13.3. The molecule has 18 heavy (non-hydrogen) atoms. The first-order chi connectivity index (χ1) is 8.49. The van der Waals surface area contributed by atoms with E-state index in [-0.39, 0.29) is 11.1 Å². The largest absolute Gasteiger partial charge is 0.478 e. The molecule has 2 rings (SSSR count). The molecular weight excluding hydrogens is 238 g/mol. The Hall–Kier alpha value is -2.23. The molecule has 0 heterocycles. The summed E-state index contributed by atoms with van der Waals surface area (Å²) < 4.78 is 27.0. The number of aryl methyl sites for hydroxylation is 1. The van der Waals surface area contributed by atoms with Crippen molar-refractivity contribution < 1.29 is 18.7 Å². The van der Waals surface area contributed by atoms with E-state index in [1.54, 1.807) is 24.3 Å². The van der Waals surface area contributed by atoms with E-state index < -0.39 is 17.6 Å². The minimum absolute atomic E-state index is 0.0487. The van der Waals surface area contributed by atoms with E-state index in [0.717, 1.165) is 11.6 Å². The molecule has 0 spiro atoms. The second-order valence-electron chi connectivity index (χ2n) is 3.99. The molecule has 0 aromatic heterocycles. The number of halogens is 2. The first kappa shape index (κ1) is 12.2. The third-order valence-corrected chi connectivity index (χ3v) is 2.64. The molecule has 0 saturated carbocycles. The third kappa shape index (κ3) is 2.22. The lowest BCUT2D eigenvalue weighted by atomic mass is 10.0. The topological polar surface area (TPSA) is 37.3 Å². The SMILES string of the molecule is Cc1ccc(-c2cc(C(=O)O)cc(F)c2F)cc1. The Kier molecular flexibility index (Phi) is 3.10. The van der Waals surface area contributed by atoms with Crippen LogP contribution in [0.2, 0.25) is 0 Å². The Balaban J connectivity index is 2.62. The average Bonchev–Trinajstić information content (AvgIpc) is 2.33. The van der Waals surface area contributed by atoms with Gasteiger partial charge in [0.15, 0.2) is 11.6 Å². The number of benzene rings is 2. The van der Waals surface area contributed by atoms with Crippen molar-refractivity contribution in [2.45, 2.75) is 6.92 Å². The maximum absolute atomic E-state index is 13.7. The van der Waals surface area contributed by atoms with E-state index in [9.17, 15) is 13.6 Å². The molecule has 0 amide bonds. The van der Waals surface area contributed by atoms with Gasteiger partial charge in [0.25, 0.3) is 0 Å². The molecule has 0 radical (unpaired) electrons. The minimum Gasteiger partial charge on any atom is -0.478 e. The quantitative estimate of drug-likeness (QED) is 0.880. The Bertz CT molecular complexity index is 604. The molecular formula is C14H10F2O2. The van der Waals surface area contributed by atoms with Gasteiger partial charge in [0, 0.05) is 5.56 Å². The predicted molar refractivity (Wildman–Crippen MR) is 63.5 cm³/mol. The van der Waals surface area contributed by atoms with Crippen molar-refractivity contribution in [3.05, 3.63) is 59.2 Å². The second-order valence-corrected chi connectivity index (χ2v) is 3.99. The lowest BCUT2D eigenvalue weighted by Gasteiger charge is -2.06. The predicted octanol–water partition coefficient (Wildman–Crippen LogP) is 3.64. The van der Waals surface area contributed by atoms with Crippen LogP contribution >= 0.6 is 0 Å². The summed E-state index contributed by atoms with van der Waals surface area (Å²) in [6.45, 7) is 1.87. The van der Waals surface area contributed by atoms with Gasteiger partial charge in [-0.1, -0.05) is 29.8 Å². The lowest BCUT2D eigenvalue weighted by Crippen LogP contribution is -2.00. The van der Waals surface area contributed by atoms with E-state index in [1.165, 1.54) is 0 Å². The molecule has 4 heteroatoms. The standard InChI is InChI=1S/C14H10F2O2/c1-8-2-4-9(5-3-8)11-6-10(14(17)18)7-12(15)13(11)16/h2-7H,1H3,(H,17,18). The number of aromatic carboxylic acids is 1. The van der Waals surface area contributed by atoms with E-state index >= 15 is 0 Å². The number of hydrogen-bond acceptors (Lipinski definition) is 1. The maximum atomic E-state index is 13.7. The first-order valence-corrected chi connectivity index (χ1v) is 5.28. The van der Waals surface area contributed by atoms with E-state index in [4.69, 9.17) is 5.11 Å². The van der Waals surface area contributed by atoms with Crippen LogP contribution < -0.4 is 0 Å². The zero-order valence-electron chi connectivity index (χ0n) is 9.58. The van der Waals surface area contributed by atoms with Gasteiger partial charge >= 0.3 is 5.97 Å². The third-order valence-electron chi connectivity index (χ3n) is 2.64. The van der Waals surface area contributed by atoms with Crippen LogP contribution in [0.5, 0.6) is 0 Å². The molecule has 0 aliphatic carbocycles. The molecule has 2 nitrogen and oxygen atoms in total. The highest BCUT2D eigenvalue weighted by molar-refractivity contribution is 5.89. The van der Waals surface area contributed by atoms with Gasteiger partial charge in [-0.25, -0.2) is 13.6 Å². The number of carbonyl (C=O) groups is 1. The number of hydrogen-bond donors (Lipinski definition) is 1. The Labute approximate surface area is 103 Å². The van der Waals surface area contributed by atoms with Crippen LogP contribution in [0.3, 0.4) is 0 Å². The fourth-order valence-corrected chi connectivity index (χ4v) is 1.66. The summed E-state index contributed by atoms with van der Waals surface area (Å²) in [5, 5.41) is 8.83. The van der Waals surface area contributed by atoms with Crippen molar-refractivity contribution >= 4 is 5.97 Å². The highest BCUT2D eigenvalue weighted by atomic mass is 19.2. The Morgan fingerprint density at radius 1 is 1.11 bits per heavy atom. The van der Waals surface area contributed by atoms with Gasteiger partial charge in [-0.2, -0.15) is 0 Å². The van der Waals surface area contributed by atoms with Crippen molar-refractivity contribution in [2.24, 2.45) is 0 Å². The molecule has 92 valence electrons. The first-order valence-electron chi connectivity index (χ1n) is 5.28. The van der Waals surface area contributed by atoms with Crippen molar-refractivity contribution in [3.63, 3.8) is 0 Å². The van der Waals surface area contributed by atoms with Gasteiger partial charge in [0.2, 0.25) is 0 Å². The van der Waals surface area contributed by atoms with Crippen LogP contribution in [0, 0.1) is 18.6 Å². The van der Waals surface area contributed by atoms with Crippen LogP contribution in [0.15, 0.2) is 36.4 Å². The number of rotatable bonds is 2. The van der Waals surface area contributed by atoms with Crippen molar-refractivity contribution in [1.82, 2.24) is 0 Å². The fourth-order valence-electron chi connectivity index (χ4n) is 1.66. The minimum atomic E-state index is -1.29. The molecule has 0 saturated heterocycles. The summed E-state index contributed by atoms with van der Waals surface area (Å²) in [5.74, 6) is -3.49. The van der Waals surface area contributed by atoms with Crippen molar-refractivity contribution in [3.8, 4) is 11.1 Å². The highest BCUT2D eigenvalue weighted by Crippen LogP contribution is 2.26. The summed E-state index contributed by atoms with van der Waals surface area (Å²) in [4.78, 5) is 10.8. The van der Waals surface area contributed by atoms with Crippen molar-refractivity contribution in [1.29, 1.82) is 0 Å². The van der Waals surface area contributed by atoms with Crippen LogP contribution in [0.25, 0.3) is 11.1 Å². The highest BCUT2D eigenvalue weighted by Gasteiger charge is 2.15. The molecule has 2 aromatic rings. The molecule has 0 aliphatic heterocycles. The fraction of sp³-hybridized carbons (Fsp3) is 0.0714. The molecule has 0 fully saturated rings. The molecule has 0 atom stereocenters. The molecule has 1 N–H and O–H groups in total.